The van der Waals surface area contributed by atoms with Crippen LogP contribution >= 0.6 is 0 Å². The molecule has 0 spiro atoms. The smallest absolute Gasteiger partial charge is 0.338 e. The summed E-state index contributed by atoms with van der Waals surface area (Å²) in [5, 5.41) is 12.1. The molecule has 4 N–H and O–H groups in total. The van der Waals surface area contributed by atoms with E-state index in [1.165, 1.54) is 12.1 Å². The zero-order valence-electron chi connectivity index (χ0n) is 11.9. The number of carbonyl (C=O) groups is 1. The predicted molar refractivity (Wildman–Crippen MR) is 77.4 cm³/mol. The number of anilines is 2. The molecule has 1 fully saturated rings. The topological polar surface area (TPSA) is 75.3 Å². The van der Waals surface area contributed by atoms with Crippen molar-refractivity contribution in [3.8, 4) is 0 Å². The Balaban J connectivity index is 2.11. The Kier molecular flexibility index (Phi) is 3.88. The summed E-state index contributed by atoms with van der Waals surface area (Å²) < 4.78 is 13.7. The largest absolute Gasteiger partial charge is 0.478 e. The van der Waals surface area contributed by atoms with Gasteiger partial charge in [-0.3, -0.25) is 0 Å². The van der Waals surface area contributed by atoms with Crippen molar-refractivity contribution < 1.29 is 14.3 Å². The summed E-state index contributed by atoms with van der Waals surface area (Å²) in [5.74, 6) is -2.06. The lowest BCUT2D eigenvalue weighted by molar-refractivity contribution is 0.0692. The van der Waals surface area contributed by atoms with Crippen LogP contribution in [-0.2, 0) is 0 Å². The van der Waals surface area contributed by atoms with Crippen molar-refractivity contribution in [1.82, 2.24) is 0 Å². The standard InChI is InChI=1S/C15H21FN2O2/c1-15(2)5-3-9(4-6-15)18-13-8-11(16)10(14(19)20)7-12(13)17/h7-9,18H,3-6,17H2,1-2H3,(H,19,20). The molecule has 0 atom stereocenters. The molecule has 0 aliphatic heterocycles. The zero-order valence-corrected chi connectivity index (χ0v) is 11.9. The molecule has 0 bridgehead atoms. The number of hydrogen-bond donors (Lipinski definition) is 3. The van der Waals surface area contributed by atoms with Crippen LogP contribution in [0.5, 0.6) is 0 Å². The lowest BCUT2D eigenvalue weighted by Crippen LogP contribution is -2.30. The summed E-state index contributed by atoms with van der Waals surface area (Å²) in [7, 11) is 0. The van der Waals surface area contributed by atoms with Gasteiger partial charge in [-0.25, -0.2) is 9.18 Å². The van der Waals surface area contributed by atoms with E-state index in [4.69, 9.17) is 10.8 Å². The number of nitrogens with two attached hydrogens (primary N) is 1. The van der Waals surface area contributed by atoms with E-state index in [0.717, 1.165) is 25.7 Å². The average Bonchev–Trinajstić information content (AvgIpc) is 2.35. The van der Waals surface area contributed by atoms with Crippen molar-refractivity contribution >= 4 is 17.3 Å². The summed E-state index contributed by atoms with van der Waals surface area (Å²) in [4.78, 5) is 10.8. The number of hydrogen-bond acceptors (Lipinski definition) is 3. The summed E-state index contributed by atoms with van der Waals surface area (Å²) in [6.07, 6.45) is 4.24. The maximum atomic E-state index is 13.7. The van der Waals surface area contributed by atoms with Crippen LogP contribution in [0.4, 0.5) is 15.8 Å². The number of nitrogens with one attached hydrogen (secondary N) is 1. The van der Waals surface area contributed by atoms with E-state index in [2.05, 4.69) is 19.2 Å². The van der Waals surface area contributed by atoms with Gasteiger partial charge in [0.05, 0.1) is 16.9 Å². The minimum atomic E-state index is -1.31. The zero-order chi connectivity index (χ0) is 14.9. The molecule has 0 heterocycles. The fourth-order valence-electron chi connectivity index (χ4n) is 2.64. The Morgan fingerprint density at radius 2 is 2.00 bits per heavy atom. The SMILES string of the molecule is CC1(C)CCC(Nc2cc(F)c(C(=O)O)cc2N)CC1. The minimum Gasteiger partial charge on any atom is -0.478 e. The third-order valence-corrected chi connectivity index (χ3v) is 4.07. The molecule has 1 aromatic carbocycles. The number of halogens is 1. The van der Waals surface area contributed by atoms with Crippen LogP contribution in [0, 0.1) is 11.2 Å². The quantitative estimate of drug-likeness (QED) is 0.741. The third-order valence-electron chi connectivity index (χ3n) is 4.07. The van der Waals surface area contributed by atoms with Gasteiger partial charge in [0.15, 0.2) is 0 Å². The van der Waals surface area contributed by atoms with Gasteiger partial charge in [0.2, 0.25) is 0 Å². The van der Waals surface area contributed by atoms with E-state index in [1.54, 1.807) is 0 Å². The molecule has 20 heavy (non-hydrogen) atoms. The molecule has 110 valence electrons. The normalized spacial score (nSPS) is 18.8. The van der Waals surface area contributed by atoms with Crippen LogP contribution in [0.3, 0.4) is 0 Å². The molecule has 5 heteroatoms. The maximum Gasteiger partial charge on any atom is 0.338 e. The van der Waals surface area contributed by atoms with Crippen LogP contribution in [-0.4, -0.2) is 17.1 Å². The average molecular weight is 280 g/mol. The van der Waals surface area contributed by atoms with Crippen molar-refractivity contribution in [3.63, 3.8) is 0 Å². The predicted octanol–water partition coefficient (Wildman–Crippen LogP) is 3.49. The fourth-order valence-corrected chi connectivity index (χ4v) is 2.64. The highest BCUT2D eigenvalue weighted by atomic mass is 19.1. The van der Waals surface area contributed by atoms with Gasteiger partial charge in [-0.05, 0) is 43.2 Å². The molecule has 4 nitrogen and oxygen atoms in total. The molecule has 2 rings (SSSR count). The highest BCUT2D eigenvalue weighted by molar-refractivity contribution is 5.90. The summed E-state index contributed by atoms with van der Waals surface area (Å²) >= 11 is 0. The van der Waals surface area contributed by atoms with E-state index in [9.17, 15) is 9.18 Å². The van der Waals surface area contributed by atoms with E-state index in [1.807, 2.05) is 0 Å². The van der Waals surface area contributed by atoms with Crippen molar-refractivity contribution in [2.75, 3.05) is 11.1 Å². The lowest BCUT2D eigenvalue weighted by Gasteiger charge is -2.35. The molecule has 0 aromatic heterocycles. The second-order valence-electron chi connectivity index (χ2n) is 6.31. The van der Waals surface area contributed by atoms with Crippen LogP contribution in [0.25, 0.3) is 0 Å². The molecular weight excluding hydrogens is 259 g/mol. The van der Waals surface area contributed by atoms with Crippen LogP contribution in [0.15, 0.2) is 12.1 Å². The highest BCUT2D eigenvalue weighted by Gasteiger charge is 2.27. The first-order valence-electron chi connectivity index (χ1n) is 6.87. The molecule has 0 radical (unpaired) electrons. The molecule has 0 saturated heterocycles. The van der Waals surface area contributed by atoms with Gasteiger partial charge in [-0.2, -0.15) is 0 Å². The molecular formula is C15H21FN2O2. The van der Waals surface area contributed by atoms with Gasteiger partial charge in [0, 0.05) is 6.04 Å². The van der Waals surface area contributed by atoms with Crippen LogP contribution in [0.1, 0.15) is 49.9 Å². The van der Waals surface area contributed by atoms with Crippen molar-refractivity contribution in [1.29, 1.82) is 0 Å². The van der Waals surface area contributed by atoms with E-state index in [-0.39, 0.29) is 11.7 Å². The van der Waals surface area contributed by atoms with Gasteiger partial charge in [0.1, 0.15) is 5.82 Å². The van der Waals surface area contributed by atoms with Crippen molar-refractivity contribution in [2.45, 2.75) is 45.6 Å². The molecule has 0 amide bonds. The molecule has 0 unspecified atom stereocenters. The molecule has 1 aliphatic rings. The number of carboxylic acid groups (broad SMARTS) is 1. The second kappa shape index (κ2) is 5.31. The Morgan fingerprint density at radius 1 is 1.40 bits per heavy atom. The first kappa shape index (κ1) is 14.6. The van der Waals surface area contributed by atoms with Gasteiger partial charge in [-0.15, -0.1) is 0 Å². The molecule has 1 saturated carbocycles. The summed E-state index contributed by atoms with van der Waals surface area (Å²) in [5.41, 5.74) is 6.53. The van der Waals surface area contributed by atoms with E-state index >= 15 is 0 Å². The van der Waals surface area contributed by atoms with Gasteiger partial charge in [0.25, 0.3) is 0 Å². The second-order valence-corrected chi connectivity index (χ2v) is 6.31. The third kappa shape index (κ3) is 3.21. The van der Waals surface area contributed by atoms with E-state index in [0.29, 0.717) is 11.1 Å². The Hall–Kier alpha value is -1.78. The first-order valence-corrected chi connectivity index (χ1v) is 6.87. The van der Waals surface area contributed by atoms with Crippen molar-refractivity contribution in [3.05, 3.63) is 23.5 Å². The number of aromatic carboxylic acids is 1. The number of rotatable bonds is 3. The minimum absolute atomic E-state index is 0.264. The van der Waals surface area contributed by atoms with E-state index < -0.39 is 17.3 Å². The lowest BCUT2D eigenvalue weighted by atomic mass is 9.75. The number of nitrogen functional groups attached to an aromatic ring is 1. The van der Waals surface area contributed by atoms with Crippen LogP contribution < -0.4 is 11.1 Å². The Labute approximate surface area is 118 Å². The monoisotopic (exact) mass is 280 g/mol. The summed E-state index contributed by atoms with van der Waals surface area (Å²) in [6, 6.07) is 2.62. The number of benzene rings is 1. The molecule has 1 aliphatic carbocycles. The highest BCUT2D eigenvalue weighted by Crippen LogP contribution is 2.36. The van der Waals surface area contributed by atoms with Gasteiger partial charge in [-0.1, -0.05) is 13.8 Å². The Bertz CT molecular complexity index is 519. The van der Waals surface area contributed by atoms with Crippen molar-refractivity contribution in [2.24, 2.45) is 5.41 Å². The first-order chi connectivity index (χ1) is 9.28. The summed E-state index contributed by atoms with van der Waals surface area (Å²) in [6.45, 7) is 4.50. The molecule has 1 aromatic rings. The van der Waals surface area contributed by atoms with Crippen LogP contribution in [0.2, 0.25) is 0 Å². The number of carboxylic acids is 1. The van der Waals surface area contributed by atoms with Gasteiger partial charge >= 0.3 is 5.97 Å². The van der Waals surface area contributed by atoms with Gasteiger partial charge < -0.3 is 16.2 Å². The fraction of sp³-hybridized carbons (Fsp3) is 0.533. The maximum absolute atomic E-state index is 13.7. The Morgan fingerprint density at radius 3 is 2.55 bits per heavy atom.